The monoisotopic (exact) mass is 1130 g/mol. The zero-order valence-electron chi connectivity index (χ0n) is 42.2. The van der Waals surface area contributed by atoms with Gasteiger partial charge in [-0.2, -0.15) is 0 Å². The number of carbonyl (C=O) groups excluding carboxylic acids is 2. The van der Waals surface area contributed by atoms with Gasteiger partial charge in [0.25, 0.3) is 0 Å². The Balaban J connectivity index is 1.34. The van der Waals surface area contributed by atoms with Crippen LogP contribution in [0.4, 0.5) is 5.82 Å². The minimum atomic E-state index is -2.25. The van der Waals surface area contributed by atoms with Crippen molar-refractivity contribution in [2.24, 2.45) is 0 Å². The lowest BCUT2D eigenvalue weighted by Crippen LogP contribution is -2.71. The second kappa shape index (κ2) is 28.7. The molecule has 5 aliphatic rings. The van der Waals surface area contributed by atoms with Crippen molar-refractivity contribution >= 4 is 17.6 Å². The summed E-state index contributed by atoms with van der Waals surface area (Å²) in [4.78, 5) is 29.5. The van der Waals surface area contributed by atoms with E-state index < -0.39 is 229 Å². The molecule has 33 nitrogen and oxygen atoms in total. The van der Waals surface area contributed by atoms with Gasteiger partial charge in [0.1, 0.15) is 140 Å². The molecular formula is C45H74N4O29. The highest BCUT2D eigenvalue weighted by molar-refractivity contribution is 5.73. The zero-order chi connectivity index (χ0) is 57.4. The van der Waals surface area contributed by atoms with Crippen LogP contribution >= 0.6 is 0 Å². The number of amides is 2. The van der Waals surface area contributed by atoms with Crippen LogP contribution < -0.4 is 16.0 Å². The number of hydrogen-bond donors (Lipinski definition) is 20. The van der Waals surface area contributed by atoms with Gasteiger partial charge in [-0.3, -0.25) is 9.59 Å². The third kappa shape index (κ3) is 14.7. The SMILES string of the molecule is CC(=O)N[C@H]1[C@@H](O[C@H]2[C@@H](O)[C@@H](CO)O[C@@H](O[C@H]3[C@H](O)[C@@H](CO)O[C@@H](O[C@H]4[C@@H](O)[C@@H](CO)O[C@@H](O[C@@H]([C@H](O)[C@@H](O)CNc5ccccn5)[C@H](O)CO)[C@@H]4O)[C@@H]3NC(C)=O)[C@@H]2O[C@@H]2O[C@@H](C)[C@@H](O)[C@@H](O)[C@@H]2O)O[C@H](CO)[C@H](O)[C@@H]1O. The molecule has 0 bridgehead atoms. The maximum absolute atomic E-state index is 13.1. The van der Waals surface area contributed by atoms with E-state index in [-0.39, 0.29) is 5.82 Å². The molecule has 5 saturated heterocycles. The van der Waals surface area contributed by atoms with Gasteiger partial charge in [0.2, 0.25) is 11.8 Å². The Morgan fingerprint density at radius 1 is 0.538 bits per heavy atom. The van der Waals surface area contributed by atoms with Crippen molar-refractivity contribution in [3.8, 4) is 0 Å². The van der Waals surface area contributed by atoms with Gasteiger partial charge in [-0.15, -0.1) is 0 Å². The van der Waals surface area contributed by atoms with Crippen LogP contribution in [0.2, 0.25) is 0 Å². The van der Waals surface area contributed by atoms with Gasteiger partial charge in [0, 0.05) is 26.6 Å². The Hall–Kier alpha value is -3.19. The quantitative estimate of drug-likeness (QED) is 0.0484. The minimum absolute atomic E-state index is 0.279. The highest BCUT2D eigenvalue weighted by Gasteiger charge is 2.58. The number of hydrogen-bond acceptors (Lipinski definition) is 31. The molecule has 0 aliphatic carbocycles. The molecule has 1 aromatic rings. The number of aliphatic hydroxyl groups is 17. The summed E-state index contributed by atoms with van der Waals surface area (Å²) in [5.74, 6) is -1.43. The lowest BCUT2D eigenvalue weighted by molar-refractivity contribution is -0.400. The minimum Gasteiger partial charge on any atom is -0.394 e. The topological polar surface area (TPSA) is 519 Å². The van der Waals surface area contributed by atoms with E-state index in [1.54, 1.807) is 18.2 Å². The molecular weight excluding hydrogens is 1060 g/mol. The van der Waals surface area contributed by atoms with Crippen LogP contribution in [0.3, 0.4) is 0 Å². The van der Waals surface area contributed by atoms with Crippen LogP contribution in [0.1, 0.15) is 20.8 Å². The van der Waals surface area contributed by atoms with Gasteiger partial charge in [-0.05, 0) is 19.1 Å². The van der Waals surface area contributed by atoms with Crippen molar-refractivity contribution in [2.75, 3.05) is 44.9 Å². The molecule has 29 atom stereocenters. The summed E-state index contributed by atoms with van der Waals surface area (Å²) in [5.41, 5.74) is 0. The lowest BCUT2D eigenvalue weighted by atomic mass is 9.93. The summed E-state index contributed by atoms with van der Waals surface area (Å²) in [6.45, 7) is -2.30. The highest BCUT2D eigenvalue weighted by atomic mass is 16.8. The predicted octanol–water partition coefficient (Wildman–Crippen LogP) is -11.6. The van der Waals surface area contributed by atoms with Crippen LogP contribution in [0, 0.1) is 0 Å². The van der Waals surface area contributed by atoms with Crippen molar-refractivity contribution < 1.29 is 144 Å². The van der Waals surface area contributed by atoms with Gasteiger partial charge in [0.15, 0.2) is 31.5 Å². The number of anilines is 1. The molecule has 5 aliphatic heterocycles. The molecule has 0 unspecified atom stereocenters. The van der Waals surface area contributed by atoms with Crippen LogP contribution in [0.25, 0.3) is 0 Å². The molecule has 1 aromatic heterocycles. The zero-order valence-corrected chi connectivity index (χ0v) is 42.2. The molecule has 78 heavy (non-hydrogen) atoms. The predicted molar refractivity (Wildman–Crippen MR) is 249 cm³/mol. The molecule has 0 spiro atoms. The van der Waals surface area contributed by atoms with Crippen molar-refractivity contribution in [3.63, 3.8) is 0 Å². The smallest absolute Gasteiger partial charge is 0.217 e. The molecule has 2 amide bonds. The van der Waals surface area contributed by atoms with E-state index in [4.69, 9.17) is 47.4 Å². The van der Waals surface area contributed by atoms with E-state index in [9.17, 15) is 96.4 Å². The van der Waals surface area contributed by atoms with Gasteiger partial charge in [-0.1, -0.05) is 6.07 Å². The average molecular weight is 1140 g/mol. The normalized spacial score (nSPS) is 42.9. The van der Waals surface area contributed by atoms with E-state index in [2.05, 4.69) is 20.9 Å². The molecule has 6 rings (SSSR count). The Labute approximate surface area is 444 Å². The summed E-state index contributed by atoms with van der Waals surface area (Å²) >= 11 is 0. The van der Waals surface area contributed by atoms with Gasteiger partial charge in [-0.25, -0.2) is 4.98 Å². The fourth-order valence-corrected chi connectivity index (χ4v) is 9.52. The van der Waals surface area contributed by atoms with Crippen LogP contribution in [0.5, 0.6) is 0 Å². The number of nitrogens with zero attached hydrogens (tertiary/aromatic N) is 1. The molecule has 0 saturated carbocycles. The number of nitrogens with one attached hydrogen (secondary N) is 3. The summed E-state index contributed by atoms with van der Waals surface area (Å²) < 4.78 is 59.3. The Morgan fingerprint density at radius 3 is 1.60 bits per heavy atom. The standard InChI is InChI=1S/C45H74N4O29/c1-14-26(59)33(66)34(67)43(69-14)78-40-39(77-41-24(48-15(2)55)32(65)28(61)19(10-51)70-41)31(64)22(13-54)73-45(40)75-37-25(49-16(3)56)42(71-20(11-52)29(37)62)76-38-30(63)21(12-53)72-44(35(38)68)74-36(18(58)9-50)27(60)17(57)8-47-23-6-4-5-7-46-23/h4-7,14,17-22,24-45,50-54,57-68H,8-13H2,1-3H3,(H,46,47)(H,48,55)(H,49,56)/t14-,17-,18+,19+,20+,21+,22+,24+,25+,26+,27+,28-,29+,30-,31-,32+,33+,34-,35+,36+,37+,38-,39-,40+,41+,42-,43-,44-,45-/m0/s1. The summed E-state index contributed by atoms with van der Waals surface area (Å²) in [6, 6.07) is 1.22. The second-order valence-corrected chi connectivity index (χ2v) is 19.4. The van der Waals surface area contributed by atoms with Crippen molar-refractivity contribution in [1.82, 2.24) is 15.6 Å². The summed E-state index contributed by atoms with van der Waals surface area (Å²) in [5, 5.41) is 193. The molecule has 5 fully saturated rings. The van der Waals surface area contributed by atoms with Gasteiger partial charge in [0.05, 0.1) is 45.2 Å². The number of carbonyl (C=O) groups is 2. The largest absolute Gasteiger partial charge is 0.394 e. The first-order valence-electron chi connectivity index (χ1n) is 24.9. The van der Waals surface area contributed by atoms with Crippen LogP contribution in [-0.2, 0) is 57.0 Å². The van der Waals surface area contributed by atoms with E-state index >= 15 is 0 Å². The van der Waals surface area contributed by atoms with E-state index in [1.165, 1.54) is 13.1 Å². The maximum Gasteiger partial charge on any atom is 0.217 e. The molecule has 0 radical (unpaired) electrons. The summed E-state index contributed by atoms with van der Waals surface area (Å²) in [6.07, 6.45) is -51.1. The Bertz CT molecular complexity index is 2000. The third-order valence-electron chi connectivity index (χ3n) is 13.8. The molecule has 6 heterocycles. The molecule has 20 N–H and O–H groups in total. The van der Waals surface area contributed by atoms with Crippen molar-refractivity contribution in [2.45, 2.75) is 199 Å². The van der Waals surface area contributed by atoms with E-state index in [0.29, 0.717) is 0 Å². The number of aromatic nitrogens is 1. The number of pyridine rings is 1. The fourth-order valence-electron chi connectivity index (χ4n) is 9.52. The van der Waals surface area contributed by atoms with E-state index in [0.717, 1.165) is 13.8 Å². The number of ether oxygens (including phenoxy) is 10. The second-order valence-electron chi connectivity index (χ2n) is 19.4. The number of rotatable bonds is 23. The summed E-state index contributed by atoms with van der Waals surface area (Å²) in [7, 11) is 0. The van der Waals surface area contributed by atoms with Crippen molar-refractivity contribution in [1.29, 1.82) is 0 Å². The first-order valence-corrected chi connectivity index (χ1v) is 24.9. The molecule has 0 aromatic carbocycles. The average Bonchev–Trinajstić information content (AvgIpc) is 3.45. The van der Waals surface area contributed by atoms with E-state index in [1.807, 2.05) is 0 Å². The highest BCUT2D eigenvalue weighted by Crippen LogP contribution is 2.38. The maximum atomic E-state index is 13.1. The Kier molecular flexibility index (Phi) is 23.5. The van der Waals surface area contributed by atoms with Crippen molar-refractivity contribution in [3.05, 3.63) is 24.4 Å². The van der Waals surface area contributed by atoms with Gasteiger partial charge < -0.3 is 150 Å². The first-order chi connectivity index (χ1) is 37.0. The Morgan fingerprint density at radius 2 is 1.04 bits per heavy atom. The fraction of sp³-hybridized carbons (Fsp3) is 0.844. The first kappa shape index (κ1) is 64.0. The lowest BCUT2D eigenvalue weighted by Gasteiger charge is -2.52. The van der Waals surface area contributed by atoms with Gasteiger partial charge >= 0.3 is 0 Å². The molecule has 448 valence electrons. The van der Waals surface area contributed by atoms with Crippen LogP contribution in [-0.4, -0.2) is 321 Å². The third-order valence-corrected chi connectivity index (χ3v) is 13.8. The molecule has 33 heteroatoms. The number of aliphatic hydroxyl groups excluding tert-OH is 17. The van der Waals surface area contributed by atoms with Crippen LogP contribution in [0.15, 0.2) is 24.4 Å².